The van der Waals surface area contributed by atoms with E-state index in [4.69, 9.17) is 9.99 Å². The summed E-state index contributed by atoms with van der Waals surface area (Å²) in [6, 6.07) is 0. The Bertz CT molecular complexity index is 300. The van der Waals surface area contributed by atoms with Crippen molar-refractivity contribution in [2.45, 2.75) is 45.8 Å². The van der Waals surface area contributed by atoms with Crippen molar-refractivity contribution >= 4 is 12.1 Å². The number of unbranched alkanes of at least 4 members (excludes halogenated alkanes) is 3. The minimum atomic E-state index is -1.54. The lowest BCUT2D eigenvalue weighted by Crippen LogP contribution is -2.22. The molecule has 0 amide bonds. The zero-order valence-corrected chi connectivity index (χ0v) is 11.2. The number of hydrogen-bond acceptors (Lipinski definition) is 6. The first kappa shape index (κ1) is 17.2. The molecule has 0 aliphatic carbocycles. The highest BCUT2D eigenvalue weighted by molar-refractivity contribution is 5.85. The maximum absolute atomic E-state index is 11.3. The number of carbonyl (C=O) groups is 2. The van der Waals surface area contributed by atoms with Gasteiger partial charge in [0.25, 0.3) is 0 Å². The Labute approximate surface area is 112 Å². The van der Waals surface area contributed by atoms with Gasteiger partial charge in [0, 0.05) is 6.92 Å². The van der Waals surface area contributed by atoms with Gasteiger partial charge in [0.1, 0.15) is 0 Å². The lowest BCUT2D eigenvalue weighted by atomic mass is 10.2. The molecule has 0 aromatic carbocycles. The first-order valence-corrected chi connectivity index (χ1v) is 6.06. The van der Waals surface area contributed by atoms with Crippen LogP contribution in [0.1, 0.15) is 39.5 Å². The third-order valence-electron chi connectivity index (χ3n) is 2.01. The molecule has 1 atom stereocenters. The van der Waals surface area contributed by atoms with Crippen LogP contribution in [-0.2, 0) is 24.0 Å². The number of hydrogen-bond donors (Lipinski definition) is 1. The second-order valence-electron chi connectivity index (χ2n) is 3.75. The molecule has 0 rings (SSSR count). The van der Waals surface area contributed by atoms with Crippen LogP contribution in [0.2, 0.25) is 0 Å². The van der Waals surface area contributed by atoms with Crippen molar-refractivity contribution in [3.8, 4) is 0 Å². The first-order chi connectivity index (χ1) is 8.97. The van der Waals surface area contributed by atoms with E-state index in [0.29, 0.717) is 6.61 Å². The van der Waals surface area contributed by atoms with Gasteiger partial charge in [0.05, 0.1) is 6.61 Å². The first-order valence-electron chi connectivity index (χ1n) is 6.06. The van der Waals surface area contributed by atoms with Crippen molar-refractivity contribution in [3.63, 3.8) is 0 Å². The van der Waals surface area contributed by atoms with Crippen LogP contribution in [0.5, 0.6) is 0 Å². The van der Waals surface area contributed by atoms with Crippen molar-refractivity contribution in [2.24, 2.45) is 0 Å². The van der Waals surface area contributed by atoms with E-state index in [0.717, 1.165) is 25.7 Å². The second-order valence-corrected chi connectivity index (χ2v) is 3.75. The standard InChI is InChI=1S/C12H20O7/c1-4-5-6-7-8-16-19-9(2)11(13)17-10(3)18-12(14)15/h10H,2,4-8H2,1,3H3,(H,14,15). The summed E-state index contributed by atoms with van der Waals surface area (Å²) in [5.74, 6) is -1.31. The van der Waals surface area contributed by atoms with Gasteiger partial charge >= 0.3 is 12.1 Å². The minimum Gasteiger partial charge on any atom is -0.450 e. The van der Waals surface area contributed by atoms with Crippen LogP contribution in [0.25, 0.3) is 0 Å². The average Bonchev–Trinajstić information content (AvgIpc) is 2.32. The summed E-state index contributed by atoms with van der Waals surface area (Å²) in [5, 5.41) is 8.29. The lowest BCUT2D eigenvalue weighted by Gasteiger charge is -2.12. The van der Waals surface area contributed by atoms with Gasteiger partial charge in [-0.15, -0.1) is 0 Å². The van der Waals surface area contributed by atoms with Gasteiger partial charge in [0.15, 0.2) is 0 Å². The molecule has 1 N–H and O–H groups in total. The summed E-state index contributed by atoms with van der Waals surface area (Å²) in [6.45, 7) is 6.98. The summed E-state index contributed by atoms with van der Waals surface area (Å²) in [6.07, 6.45) is 1.26. The predicted octanol–water partition coefficient (Wildman–Crippen LogP) is 2.61. The van der Waals surface area contributed by atoms with Crippen LogP contribution in [0.4, 0.5) is 4.79 Å². The van der Waals surface area contributed by atoms with E-state index in [1.54, 1.807) is 0 Å². The van der Waals surface area contributed by atoms with E-state index >= 15 is 0 Å². The quantitative estimate of drug-likeness (QED) is 0.125. The van der Waals surface area contributed by atoms with Crippen molar-refractivity contribution in [2.75, 3.05) is 6.61 Å². The Morgan fingerprint density at radius 2 is 1.89 bits per heavy atom. The molecule has 0 aliphatic rings. The van der Waals surface area contributed by atoms with Crippen molar-refractivity contribution < 1.29 is 33.9 Å². The molecule has 0 aromatic heterocycles. The van der Waals surface area contributed by atoms with Gasteiger partial charge in [-0.05, 0) is 13.0 Å². The van der Waals surface area contributed by atoms with E-state index in [1.165, 1.54) is 6.92 Å². The number of esters is 1. The summed E-state index contributed by atoms with van der Waals surface area (Å²) < 4.78 is 8.75. The van der Waals surface area contributed by atoms with Gasteiger partial charge in [-0.2, -0.15) is 4.89 Å². The molecule has 0 heterocycles. The average molecular weight is 276 g/mol. The normalized spacial score (nSPS) is 11.5. The topological polar surface area (TPSA) is 91.3 Å². The fraction of sp³-hybridized carbons (Fsp3) is 0.667. The molecule has 110 valence electrons. The smallest absolute Gasteiger partial charge is 0.450 e. The third kappa shape index (κ3) is 9.90. The summed E-state index contributed by atoms with van der Waals surface area (Å²) in [4.78, 5) is 30.9. The fourth-order valence-electron chi connectivity index (χ4n) is 1.12. The molecule has 7 nitrogen and oxygen atoms in total. The molecular weight excluding hydrogens is 256 g/mol. The fourth-order valence-corrected chi connectivity index (χ4v) is 1.12. The number of carboxylic acid groups (broad SMARTS) is 1. The molecule has 0 bridgehead atoms. The van der Waals surface area contributed by atoms with Gasteiger partial charge < -0.3 is 19.5 Å². The van der Waals surface area contributed by atoms with E-state index in [1.807, 2.05) is 0 Å². The lowest BCUT2D eigenvalue weighted by molar-refractivity contribution is -0.266. The zero-order chi connectivity index (χ0) is 14.7. The Hall–Kier alpha value is -1.76. The van der Waals surface area contributed by atoms with Crippen LogP contribution in [0, 0.1) is 0 Å². The molecule has 0 aliphatic heterocycles. The van der Waals surface area contributed by atoms with Crippen LogP contribution >= 0.6 is 0 Å². The van der Waals surface area contributed by atoms with E-state index in [-0.39, 0.29) is 5.76 Å². The SMILES string of the molecule is C=C(OOCCCCCC)C(=O)OC(C)OC(=O)O. The van der Waals surface area contributed by atoms with Gasteiger partial charge in [-0.25, -0.2) is 9.59 Å². The van der Waals surface area contributed by atoms with Gasteiger partial charge in [0.2, 0.25) is 12.0 Å². The zero-order valence-electron chi connectivity index (χ0n) is 11.2. The molecule has 0 fully saturated rings. The van der Waals surface area contributed by atoms with Crippen LogP contribution in [0.15, 0.2) is 12.3 Å². The summed E-state index contributed by atoms with van der Waals surface area (Å²) in [5.41, 5.74) is 0. The molecule has 0 saturated heterocycles. The second kappa shape index (κ2) is 10.2. The molecule has 0 radical (unpaired) electrons. The minimum absolute atomic E-state index is 0.341. The number of rotatable bonds is 10. The monoisotopic (exact) mass is 276 g/mol. The van der Waals surface area contributed by atoms with E-state index < -0.39 is 18.4 Å². The Morgan fingerprint density at radius 3 is 2.47 bits per heavy atom. The molecule has 0 aromatic rings. The highest BCUT2D eigenvalue weighted by Gasteiger charge is 2.17. The van der Waals surface area contributed by atoms with E-state index in [2.05, 4.69) is 27.9 Å². The molecule has 0 spiro atoms. The molecule has 7 heteroatoms. The number of carbonyl (C=O) groups excluding carboxylic acids is 1. The number of ether oxygens (including phenoxy) is 2. The Kier molecular flexibility index (Phi) is 9.25. The maximum atomic E-state index is 11.3. The van der Waals surface area contributed by atoms with E-state index in [9.17, 15) is 9.59 Å². The van der Waals surface area contributed by atoms with Crippen LogP contribution < -0.4 is 0 Å². The van der Waals surface area contributed by atoms with Crippen molar-refractivity contribution in [1.82, 2.24) is 0 Å². The summed E-state index contributed by atoms with van der Waals surface area (Å²) in [7, 11) is 0. The highest BCUT2D eigenvalue weighted by atomic mass is 17.2. The predicted molar refractivity (Wildman–Crippen MR) is 65.0 cm³/mol. The van der Waals surface area contributed by atoms with Crippen LogP contribution in [-0.4, -0.2) is 30.1 Å². The highest BCUT2D eigenvalue weighted by Crippen LogP contribution is 2.05. The molecule has 0 saturated carbocycles. The maximum Gasteiger partial charge on any atom is 0.508 e. The van der Waals surface area contributed by atoms with Crippen molar-refractivity contribution in [1.29, 1.82) is 0 Å². The largest absolute Gasteiger partial charge is 0.508 e. The molecular formula is C12H20O7. The summed E-state index contributed by atoms with van der Waals surface area (Å²) >= 11 is 0. The van der Waals surface area contributed by atoms with Crippen LogP contribution in [0.3, 0.4) is 0 Å². The third-order valence-corrected chi connectivity index (χ3v) is 2.01. The Balaban J connectivity index is 3.70. The molecule has 1 unspecified atom stereocenters. The molecule has 19 heavy (non-hydrogen) atoms. The Morgan fingerprint density at radius 1 is 1.21 bits per heavy atom. The van der Waals surface area contributed by atoms with Gasteiger partial charge in [-0.3, -0.25) is 0 Å². The van der Waals surface area contributed by atoms with Gasteiger partial charge in [-0.1, -0.05) is 26.2 Å². The van der Waals surface area contributed by atoms with Crippen molar-refractivity contribution in [3.05, 3.63) is 12.3 Å².